The van der Waals surface area contributed by atoms with Crippen molar-refractivity contribution in [3.8, 4) is 0 Å². The molecule has 0 aliphatic carbocycles. The summed E-state index contributed by atoms with van der Waals surface area (Å²) >= 11 is 1.79. The molecule has 2 aromatic rings. The third kappa shape index (κ3) is 2.55. The van der Waals surface area contributed by atoms with Gasteiger partial charge in [-0.15, -0.1) is 11.3 Å². The van der Waals surface area contributed by atoms with Gasteiger partial charge in [0.25, 0.3) is 0 Å². The van der Waals surface area contributed by atoms with E-state index in [0.717, 1.165) is 12.2 Å². The lowest BCUT2D eigenvalue weighted by molar-refractivity contribution is -0.150. The van der Waals surface area contributed by atoms with E-state index in [9.17, 15) is 9.59 Å². The largest absolute Gasteiger partial charge is 0.387 e. The summed E-state index contributed by atoms with van der Waals surface area (Å²) in [5.41, 5.74) is 0. The molecule has 0 amide bonds. The minimum atomic E-state index is -0.579. The molecule has 0 saturated carbocycles. The van der Waals surface area contributed by atoms with Crippen LogP contribution in [-0.4, -0.2) is 11.9 Å². The second-order valence-corrected chi connectivity index (χ2v) is 3.98. The molecule has 1 aliphatic heterocycles. The monoisotopic (exact) mass is 232 g/mol. The van der Waals surface area contributed by atoms with Crippen molar-refractivity contribution in [2.45, 2.75) is 0 Å². The summed E-state index contributed by atoms with van der Waals surface area (Å²) in [5.74, 6) is -1.16. The predicted molar refractivity (Wildman–Crippen MR) is 62.1 cm³/mol. The van der Waals surface area contributed by atoms with Crippen molar-refractivity contribution in [1.29, 1.82) is 0 Å². The van der Waals surface area contributed by atoms with E-state index in [1.54, 1.807) is 11.3 Å². The van der Waals surface area contributed by atoms with Gasteiger partial charge in [0, 0.05) is 16.9 Å². The van der Waals surface area contributed by atoms with Crippen LogP contribution in [0.25, 0.3) is 10.1 Å². The van der Waals surface area contributed by atoms with Crippen LogP contribution < -0.4 is 0 Å². The number of carbonyl (C=O) groups is 2. The summed E-state index contributed by atoms with van der Waals surface area (Å²) in [6.45, 7) is 0. The average Bonchev–Trinajstić information content (AvgIpc) is 2.88. The first-order valence-corrected chi connectivity index (χ1v) is 5.50. The Kier molecular flexibility index (Phi) is 3.12. The van der Waals surface area contributed by atoms with Gasteiger partial charge in [-0.1, -0.05) is 18.2 Å². The molecule has 0 spiro atoms. The Balaban J connectivity index is 0.000000125. The smallest absolute Gasteiger partial charge is 0.338 e. The van der Waals surface area contributed by atoms with E-state index in [1.165, 1.54) is 10.1 Å². The van der Waals surface area contributed by atoms with Crippen LogP contribution in [0.15, 0.2) is 47.9 Å². The predicted octanol–water partition coefficient (Wildman–Crippen LogP) is 2.53. The highest BCUT2D eigenvalue weighted by atomic mass is 32.1. The van der Waals surface area contributed by atoms with Gasteiger partial charge in [-0.05, 0) is 22.9 Å². The fourth-order valence-electron chi connectivity index (χ4n) is 1.21. The third-order valence-corrected chi connectivity index (χ3v) is 2.82. The average molecular weight is 232 g/mol. The summed E-state index contributed by atoms with van der Waals surface area (Å²) in [5, 5.41) is 3.47. The van der Waals surface area contributed by atoms with Crippen LogP contribution in [0.1, 0.15) is 0 Å². The Morgan fingerprint density at radius 3 is 2.19 bits per heavy atom. The molecule has 0 atom stereocenters. The van der Waals surface area contributed by atoms with Crippen LogP contribution in [0.5, 0.6) is 0 Å². The molecule has 0 N–H and O–H groups in total. The quantitative estimate of drug-likeness (QED) is 0.518. The van der Waals surface area contributed by atoms with Crippen LogP contribution in [0, 0.1) is 0 Å². The number of rotatable bonds is 0. The molecule has 0 fully saturated rings. The lowest BCUT2D eigenvalue weighted by atomic mass is 10.3. The summed E-state index contributed by atoms with van der Waals surface area (Å²) < 4.78 is 5.34. The molecule has 3 nitrogen and oxygen atoms in total. The van der Waals surface area contributed by atoms with Crippen molar-refractivity contribution < 1.29 is 14.3 Å². The Labute approximate surface area is 96.0 Å². The second-order valence-electron chi connectivity index (χ2n) is 3.03. The van der Waals surface area contributed by atoms with E-state index in [0.29, 0.717) is 0 Å². The maximum absolute atomic E-state index is 9.92. The molecular weight excluding hydrogens is 224 g/mol. The molecule has 80 valence electrons. The van der Waals surface area contributed by atoms with E-state index in [1.807, 2.05) is 0 Å². The van der Waals surface area contributed by atoms with Crippen LogP contribution in [-0.2, 0) is 14.3 Å². The lowest BCUT2D eigenvalue weighted by Crippen LogP contribution is -1.96. The minimum Gasteiger partial charge on any atom is -0.387 e. The molecule has 2 heterocycles. The van der Waals surface area contributed by atoms with Crippen molar-refractivity contribution in [3.05, 3.63) is 47.9 Å². The standard InChI is InChI=1S/C8H6S.C4H2O3/c1-2-4-8-7(3-1)5-6-9-8;5-3-1-2-4(6)7-3/h1-6H;1-2H. The summed E-state index contributed by atoms with van der Waals surface area (Å²) in [6, 6.07) is 10.5. The summed E-state index contributed by atoms with van der Waals surface area (Å²) in [7, 11) is 0. The third-order valence-electron chi connectivity index (χ3n) is 1.92. The molecule has 3 rings (SSSR count). The Morgan fingerprint density at radius 2 is 1.62 bits per heavy atom. The number of cyclic esters (lactones) is 2. The molecule has 4 heteroatoms. The number of benzene rings is 1. The van der Waals surface area contributed by atoms with Crippen molar-refractivity contribution in [1.82, 2.24) is 0 Å². The van der Waals surface area contributed by atoms with Gasteiger partial charge in [0.05, 0.1) is 0 Å². The van der Waals surface area contributed by atoms with Crippen LogP contribution >= 0.6 is 11.3 Å². The highest BCUT2D eigenvalue weighted by Crippen LogP contribution is 2.18. The highest BCUT2D eigenvalue weighted by molar-refractivity contribution is 7.17. The summed E-state index contributed by atoms with van der Waals surface area (Å²) in [4.78, 5) is 19.8. The minimum absolute atomic E-state index is 0.579. The molecule has 0 bridgehead atoms. The van der Waals surface area contributed by atoms with Gasteiger partial charge in [0.15, 0.2) is 0 Å². The van der Waals surface area contributed by atoms with Crippen molar-refractivity contribution in [2.24, 2.45) is 0 Å². The Morgan fingerprint density at radius 1 is 0.938 bits per heavy atom. The maximum atomic E-state index is 9.92. The number of carbonyl (C=O) groups excluding carboxylic acids is 2. The normalized spacial score (nSPS) is 13.5. The number of ether oxygens (including phenoxy) is 1. The van der Waals surface area contributed by atoms with E-state index in [-0.39, 0.29) is 0 Å². The SMILES string of the molecule is O=C1C=CC(=O)O1.c1ccc2sccc2c1. The molecule has 0 radical (unpaired) electrons. The fraction of sp³-hybridized carbons (Fsp3) is 0. The zero-order chi connectivity index (χ0) is 11.4. The van der Waals surface area contributed by atoms with E-state index in [4.69, 9.17) is 0 Å². The molecule has 0 saturated heterocycles. The lowest BCUT2D eigenvalue weighted by Gasteiger charge is -1.82. The number of hydrogen-bond acceptors (Lipinski definition) is 4. The van der Waals surface area contributed by atoms with Gasteiger partial charge in [0.1, 0.15) is 0 Å². The van der Waals surface area contributed by atoms with Crippen molar-refractivity contribution in [3.63, 3.8) is 0 Å². The van der Waals surface area contributed by atoms with Gasteiger partial charge in [-0.25, -0.2) is 9.59 Å². The van der Waals surface area contributed by atoms with Crippen molar-refractivity contribution in [2.75, 3.05) is 0 Å². The molecular formula is C12H8O3S. The van der Waals surface area contributed by atoms with E-state index < -0.39 is 11.9 Å². The Hall–Kier alpha value is -1.94. The van der Waals surface area contributed by atoms with E-state index >= 15 is 0 Å². The van der Waals surface area contributed by atoms with Gasteiger partial charge in [-0.3, -0.25) is 0 Å². The molecule has 1 aromatic heterocycles. The zero-order valence-electron chi connectivity index (χ0n) is 8.25. The van der Waals surface area contributed by atoms with E-state index in [2.05, 4.69) is 40.4 Å². The number of fused-ring (bicyclic) bond motifs is 1. The second kappa shape index (κ2) is 4.72. The number of hydrogen-bond donors (Lipinski definition) is 0. The first kappa shape index (κ1) is 10.6. The Bertz CT molecular complexity index is 508. The van der Waals surface area contributed by atoms with Crippen LogP contribution in [0.4, 0.5) is 0 Å². The molecule has 16 heavy (non-hydrogen) atoms. The highest BCUT2D eigenvalue weighted by Gasteiger charge is 2.10. The fourth-order valence-corrected chi connectivity index (χ4v) is 2.00. The number of esters is 2. The molecule has 0 unspecified atom stereocenters. The number of thiophene rings is 1. The van der Waals surface area contributed by atoms with Crippen molar-refractivity contribution >= 4 is 33.4 Å². The van der Waals surface area contributed by atoms with Gasteiger partial charge >= 0.3 is 11.9 Å². The zero-order valence-corrected chi connectivity index (χ0v) is 9.07. The molecule has 1 aliphatic rings. The summed E-state index contributed by atoms with van der Waals surface area (Å²) in [6.07, 6.45) is 2.17. The van der Waals surface area contributed by atoms with Crippen LogP contribution in [0.3, 0.4) is 0 Å². The topological polar surface area (TPSA) is 43.4 Å². The van der Waals surface area contributed by atoms with Gasteiger partial charge < -0.3 is 4.74 Å². The van der Waals surface area contributed by atoms with Gasteiger partial charge in [0.2, 0.25) is 0 Å². The maximum Gasteiger partial charge on any atom is 0.338 e. The van der Waals surface area contributed by atoms with Crippen LogP contribution in [0.2, 0.25) is 0 Å². The molecule has 1 aromatic carbocycles. The first-order chi connectivity index (χ1) is 7.75. The van der Waals surface area contributed by atoms with Gasteiger partial charge in [-0.2, -0.15) is 0 Å². The first-order valence-electron chi connectivity index (χ1n) is 4.62.